The molecule has 1 atom stereocenters. The van der Waals surface area contributed by atoms with Gasteiger partial charge in [0.25, 0.3) is 0 Å². The van der Waals surface area contributed by atoms with Gasteiger partial charge in [-0.1, -0.05) is 0 Å². The third-order valence-electron chi connectivity index (χ3n) is 3.36. The van der Waals surface area contributed by atoms with Crippen LogP contribution in [-0.4, -0.2) is 40.2 Å². The quantitative estimate of drug-likeness (QED) is 0.243. The van der Waals surface area contributed by atoms with Crippen molar-refractivity contribution in [1.82, 2.24) is 0 Å². The van der Waals surface area contributed by atoms with Gasteiger partial charge in [-0.3, -0.25) is 0 Å². The Hall–Kier alpha value is -2.07. The number of hydrogen-bond acceptors (Lipinski definition) is 4. The van der Waals surface area contributed by atoms with Gasteiger partial charge >= 0.3 is 161 Å². The molecular formula is C21H24O4Se. The number of carbonyl (C=O) groups excluding carboxylic acids is 1. The molecule has 2 aromatic carbocycles. The molecule has 0 aliphatic carbocycles. The fourth-order valence-electron chi connectivity index (χ4n) is 2.11. The zero-order valence-electron chi connectivity index (χ0n) is 14.9. The van der Waals surface area contributed by atoms with E-state index in [1.807, 2.05) is 48.5 Å². The number of carbonyl (C=O) groups is 1. The predicted molar refractivity (Wildman–Crippen MR) is 103 cm³/mol. The molecule has 0 aliphatic rings. The van der Waals surface area contributed by atoms with Crippen molar-refractivity contribution in [2.24, 2.45) is 0 Å². The second-order valence-electron chi connectivity index (χ2n) is 5.44. The SMILES string of the molecule is CCOC(=O)/C=C/OC(COCc1ccccc1)C[Se]c1ccccc1. The summed E-state index contributed by atoms with van der Waals surface area (Å²) in [5.41, 5.74) is 1.13. The molecule has 0 aromatic heterocycles. The van der Waals surface area contributed by atoms with Crippen molar-refractivity contribution in [2.45, 2.75) is 25.0 Å². The van der Waals surface area contributed by atoms with Gasteiger partial charge in [0.2, 0.25) is 0 Å². The van der Waals surface area contributed by atoms with Crippen LogP contribution in [-0.2, 0) is 25.6 Å². The van der Waals surface area contributed by atoms with Gasteiger partial charge in [-0.25, -0.2) is 0 Å². The Bertz CT molecular complexity index is 658. The number of rotatable bonds is 11. The first kappa shape index (κ1) is 20.2. The van der Waals surface area contributed by atoms with Gasteiger partial charge in [-0.15, -0.1) is 0 Å². The third-order valence-corrected chi connectivity index (χ3v) is 5.76. The molecule has 0 N–H and O–H groups in total. The van der Waals surface area contributed by atoms with Gasteiger partial charge in [0.05, 0.1) is 0 Å². The molecule has 0 heterocycles. The summed E-state index contributed by atoms with van der Waals surface area (Å²) in [6.45, 7) is 3.14. The maximum atomic E-state index is 11.4. The molecule has 2 aromatic rings. The Morgan fingerprint density at radius 2 is 1.77 bits per heavy atom. The predicted octanol–water partition coefficient (Wildman–Crippen LogP) is 3.11. The zero-order valence-corrected chi connectivity index (χ0v) is 16.6. The molecule has 4 nitrogen and oxygen atoms in total. The van der Waals surface area contributed by atoms with Gasteiger partial charge in [-0.2, -0.15) is 0 Å². The fourth-order valence-corrected chi connectivity index (χ4v) is 4.01. The van der Waals surface area contributed by atoms with Crippen LogP contribution in [0.15, 0.2) is 73.0 Å². The Labute approximate surface area is 161 Å². The van der Waals surface area contributed by atoms with Crippen molar-refractivity contribution in [3.8, 4) is 0 Å². The fraction of sp³-hybridized carbons (Fsp3) is 0.286. The van der Waals surface area contributed by atoms with Crippen molar-refractivity contribution >= 4 is 25.4 Å². The average Bonchev–Trinajstić information content (AvgIpc) is 2.67. The summed E-state index contributed by atoms with van der Waals surface area (Å²) in [6.07, 6.45) is 2.61. The monoisotopic (exact) mass is 420 g/mol. The average molecular weight is 419 g/mol. The molecule has 1 unspecified atom stereocenters. The second kappa shape index (κ2) is 12.3. The van der Waals surface area contributed by atoms with Gasteiger partial charge < -0.3 is 0 Å². The summed E-state index contributed by atoms with van der Waals surface area (Å²) >= 11 is 0.278. The summed E-state index contributed by atoms with van der Waals surface area (Å²) in [6, 6.07) is 20.4. The number of benzene rings is 2. The molecule has 0 saturated heterocycles. The van der Waals surface area contributed by atoms with E-state index in [0.717, 1.165) is 10.9 Å². The standard InChI is InChI=1S/C21H24O4Se/c1-2-24-21(22)13-14-25-19(17-26-20-11-7-4-8-12-20)16-23-15-18-9-5-3-6-10-18/h3-14,19H,2,15-17H2,1H3/b14-13+. The Morgan fingerprint density at radius 3 is 2.46 bits per heavy atom. The minimum atomic E-state index is -0.398. The maximum absolute atomic E-state index is 11.4. The van der Waals surface area contributed by atoms with E-state index in [-0.39, 0.29) is 21.1 Å². The van der Waals surface area contributed by atoms with Crippen LogP contribution in [0.25, 0.3) is 0 Å². The van der Waals surface area contributed by atoms with Gasteiger partial charge in [-0.05, 0) is 0 Å². The van der Waals surface area contributed by atoms with Crippen LogP contribution in [0.3, 0.4) is 0 Å². The molecule has 0 amide bonds. The Balaban J connectivity index is 1.83. The van der Waals surface area contributed by atoms with E-state index in [4.69, 9.17) is 14.2 Å². The molecule has 5 heteroatoms. The summed E-state index contributed by atoms with van der Waals surface area (Å²) in [5, 5.41) is 0.860. The van der Waals surface area contributed by atoms with Crippen LogP contribution in [0, 0.1) is 0 Å². The number of ether oxygens (including phenoxy) is 3. The van der Waals surface area contributed by atoms with Crippen molar-refractivity contribution in [3.05, 3.63) is 78.6 Å². The third kappa shape index (κ3) is 8.34. The van der Waals surface area contributed by atoms with Crippen LogP contribution in [0.2, 0.25) is 5.32 Å². The minimum absolute atomic E-state index is 0.107. The molecule has 0 spiro atoms. The topological polar surface area (TPSA) is 44.8 Å². The molecule has 0 saturated carbocycles. The van der Waals surface area contributed by atoms with E-state index in [2.05, 4.69) is 12.1 Å². The van der Waals surface area contributed by atoms with E-state index in [0.29, 0.717) is 19.8 Å². The Morgan fingerprint density at radius 1 is 1.08 bits per heavy atom. The van der Waals surface area contributed by atoms with Crippen LogP contribution in [0.1, 0.15) is 12.5 Å². The van der Waals surface area contributed by atoms with Crippen molar-refractivity contribution in [3.63, 3.8) is 0 Å². The van der Waals surface area contributed by atoms with E-state index in [9.17, 15) is 4.79 Å². The van der Waals surface area contributed by atoms with Gasteiger partial charge in [0.1, 0.15) is 0 Å². The van der Waals surface area contributed by atoms with Gasteiger partial charge in [0.15, 0.2) is 0 Å². The van der Waals surface area contributed by atoms with E-state index >= 15 is 0 Å². The summed E-state index contributed by atoms with van der Waals surface area (Å²) in [5.74, 6) is -0.398. The van der Waals surface area contributed by atoms with E-state index in [1.54, 1.807) is 6.92 Å². The zero-order chi connectivity index (χ0) is 18.5. The summed E-state index contributed by atoms with van der Waals surface area (Å²) < 4.78 is 17.7. The van der Waals surface area contributed by atoms with Gasteiger partial charge in [0, 0.05) is 0 Å². The molecule has 0 radical (unpaired) electrons. The molecular weight excluding hydrogens is 395 g/mol. The first-order valence-electron chi connectivity index (χ1n) is 8.56. The second-order valence-corrected chi connectivity index (χ2v) is 7.73. The summed E-state index contributed by atoms with van der Waals surface area (Å²) in [4.78, 5) is 11.4. The van der Waals surface area contributed by atoms with Crippen LogP contribution in [0.4, 0.5) is 0 Å². The molecule has 26 heavy (non-hydrogen) atoms. The molecule has 138 valence electrons. The van der Waals surface area contributed by atoms with Crippen LogP contribution in [0.5, 0.6) is 0 Å². The summed E-state index contributed by atoms with van der Waals surface area (Å²) in [7, 11) is 0. The van der Waals surface area contributed by atoms with Crippen LogP contribution >= 0.6 is 0 Å². The first-order valence-corrected chi connectivity index (χ1v) is 10.6. The van der Waals surface area contributed by atoms with E-state index < -0.39 is 5.97 Å². The van der Waals surface area contributed by atoms with Crippen molar-refractivity contribution in [1.29, 1.82) is 0 Å². The molecule has 2 rings (SSSR count). The number of esters is 1. The Kier molecular flexibility index (Phi) is 9.58. The van der Waals surface area contributed by atoms with Crippen LogP contribution < -0.4 is 4.46 Å². The van der Waals surface area contributed by atoms with Crippen molar-refractivity contribution in [2.75, 3.05) is 13.2 Å². The molecule has 0 bridgehead atoms. The first-order chi connectivity index (χ1) is 12.8. The molecule has 0 fully saturated rings. The van der Waals surface area contributed by atoms with Crippen molar-refractivity contribution < 1.29 is 19.0 Å². The number of hydrogen-bond donors (Lipinski definition) is 0. The molecule has 0 aliphatic heterocycles. The normalized spacial score (nSPS) is 12.0. The van der Waals surface area contributed by atoms with E-state index in [1.165, 1.54) is 16.8 Å².